The number of para-hydroxylation sites is 1. The van der Waals surface area contributed by atoms with E-state index in [1.165, 1.54) is 13.0 Å². The molecular formula is C19H19BrN2O4S. The normalized spacial score (nSPS) is 13.4. The molecule has 3 rings (SSSR count). The number of carbonyl (C=O) groups excluding carboxylic acids is 2. The largest absolute Gasteiger partial charge is 0.325 e. The molecule has 0 atom stereocenters. The quantitative estimate of drug-likeness (QED) is 0.775. The van der Waals surface area contributed by atoms with E-state index in [4.69, 9.17) is 0 Å². The summed E-state index contributed by atoms with van der Waals surface area (Å²) in [6, 6.07) is 10.3. The van der Waals surface area contributed by atoms with Crippen LogP contribution in [0.15, 0.2) is 45.8 Å². The molecule has 0 spiro atoms. The second-order valence-electron chi connectivity index (χ2n) is 6.45. The van der Waals surface area contributed by atoms with Gasteiger partial charge in [0, 0.05) is 29.3 Å². The van der Waals surface area contributed by atoms with Gasteiger partial charge in [-0.3, -0.25) is 9.59 Å². The standard InChI is InChI=1S/C19H19BrN2O4S/c1-12-5-3-4-6-16(12)21-19(24)11-27(25,26)18-10-17-14(9-15(18)20)7-8-22(17)13(2)23/h3-6,9-10H,7-8,11H2,1-2H3,(H,21,24). The second-order valence-corrected chi connectivity index (χ2v) is 9.27. The van der Waals surface area contributed by atoms with Crippen LogP contribution >= 0.6 is 15.9 Å². The van der Waals surface area contributed by atoms with Gasteiger partial charge in [0.1, 0.15) is 5.75 Å². The van der Waals surface area contributed by atoms with E-state index in [9.17, 15) is 18.0 Å². The maximum Gasteiger partial charge on any atom is 0.239 e. The van der Waals surface area contributed by atoms with E-state index >= 15 is 0 Å². The van der Waals surface area contributed by atoms with Gasteiger partial charge in [-0.25, -0.2) is 8.42 Å². The van der Waals surface area contributed by atoms with Gasteiger partial charge >= 0.3 is 0 Å². The summed E-state index contributed by atoms with van der Waals surface area (Å²) in [5.74, 6) is -1.43. The molecule has 8 heteroatoms. The fraction of sp³-hybridized carbons (Fsp3) is 0.263. The molecule has 0 saturated carbocycles. The molecule has 142 valence electrons. The molecule has 0 aliphatic carbocycles. The van der Waals surface area contributed by atoms with Crippen LogP contribution in [0.25, 0.3) is 0 Å². The third-order valence-corrected chi connectivity index (χ3v) is 7.05. The Bertz CT molecular complexity index is 1030. The zero-order valence-corrected chi connectivity index (χ0v) is 17.4. The third kappa shape index (κ3) is 4.06. The lowest BCUT2D eigenvalue weighted by Gasteiger charge is -2.16. The first-order valence-electron chi connectivity index (χ1n) is 8.38. The number of halogens is 1. The Kier molecular flexibility index (Phi) is 5.39. The van der Waals surface area contributed by atoms with E-state index in [-0.39, 0.29) is 10.8 Å². The Morgan fingerprint density at radius 3 is 2.59 bits per heavy atom. The third-order valence-electron chi connectivity index (χ3n) is 4.48. The number of fused-ring (bicyclic) bond motifs is 1. The molecule has 0 bridgehead atoms. The van der Waals surface area contributed by atoms with Crippen LogP contribution in [0, 0.1) is 6.92 Å². The van der Waals surface area contributed by atoms with Crippen LogP contribution < -0.4 is 10.2 Å². The summed E-state index contributed by atoms with van der Waals surface area (Å²) in [6.07, 6.45) is 0.668. The van der Waals surface area contributed by atoms with Crippen molar-refractivity contribution in [2.75, 3.05) is 22.5 Å². The minimum Gasteiger partial charge on any atom is -0.325 e. The van der Waals surface area contributed by atoms with Crippen molar-refractivity contribution < 1.29 is 18.0 Å². The lowest BCUT2D eigenvalue weighted by molar-refractivity contribution is -0.116. The van der Waals surface area contributed by atoms with Gasteiger partial charge in [0.05, 0.1) is 4.90 Å². The summed E-state index contributed by atoms with van der Waals surface area (Å²) in [6.45, 7) is 3.80. The van der Waals surface area contributed by atoms with Gasteiger partial charge < -0.3 is 10.2 Å². The molecule has 1 heterocycles. The number of benzene rings is 2. The topological polar surface area (TPSA) is 83.6 Å². The molecule has 2 aromatic rings. The molecule has 1 N–H and O–H groups in total. The van der Waals surface area contributed by atoms with Crippen LogP contribution in [-0.2, 0) is 25.8 Å². The van der Waals surface area contributed by atoms with Crippen molar-refractivity contribution in [3.05, 3.63) is 52.0 Å². The number of carbonyl (C=O) groups is 2. The number of rotatable bonds is 4. The highest BCUT2D eigenvalue weighted by molar-refractivity contribution is 9.10. The first-order valence-corrected chi connectivity index (χ1v) is 10.8. The highest BCUT2D eigenvalue weighted by atomic mass is 79.9. The Balaban J connectivity index is 1.87. The monoisotopic (exact) mass is 450 g/mol. The zero-order valence-electron chi connectivity index (χ0n) is 15.0. The van der Waals surface area contributed by atoms with Crippen LogP contribution in [0.5, 0.6) is 0 Å². The van der Waals surface area contributed by atoms with Crippen LogP contribution in [-0.4, -0.2) is 32.5 Å². The van der Waals surface area contributed by atoms with E-state index in [1.807, 2.05) is 19.1 Å². The molecule has 27 heavy (non-hydrogen) atoms. The van der Waals surface area contributed by atoms with E-state index < -0.39 is 21.5 Å². The fourth-order valence-electron chi connectivity index (χ4n) is 3.10. The number of sulfone groups is 1. The number of nitrogens with one attached hydrogen (secondary N) is 1. The smallest absolute Gasteiger partial charge is 0.239 e. The maximum atomic E-state index is 12.8. The molecule has 2 aromatic carbocycles. The van der Waals surface area contributed by atoms with E-state index in [0.29, 0.717) is 28.8 Å². The summed E-state index contributed by atoms with van der Waals surface area (Å²) >= 11 is 3.30. The minimum atomic E-state index is -3.89. The number of hydrogen-bond donors (Lipinski definition) is 1. The average Bonchev–Trinajstić information content (AvgIpc) is 2.98. The second kappa shape index (κ2) is 7.44. The van der Waals surface area contributed by atoms with Gasteiger partial charge in [-0.1, -0.05) is 18.2 Å². The lowest BCUT2D eigenvalue weighted by Crippen LogP contribution is -2.26. The van der Waals surface area contributed by atoms with E-state index in [1.54, 1.807) is 23.1 Å². The van der Waals surface area contributed by atoms with Crippen molar-refractivity contribution in [1.29, 1.82) is 0 Å². The summed E-state index contributed by atoms with van der Waals surface area (Å²) < 4.78 is 26.0. The first-order chi connectivity index (χ1) is 12.7. The van der Waals surface area contributed by atoms with Crippen molar-refractivity contribution in [2.45, 2.75) is 25.2 Å². The van der Waals surface area contributed by atoms with Gasteiger partial charge in [-0.05, 0) is 58.6 Å². The van der Waals surface area contributed by atoms with Crippen molar-refractivity contribution in [3.8, 4) is 0 Å². The predicted molar refractivity (Wildman–Crippen MR) is 108 cm³/mol. The van der Waals surface area contributed by atoms with Crippen LogP contribution in [0.4, 0.5) is 11.4 Å². The number of hydrogen-bond acceptors (Lipinski definition) is 4. The minimum absolute atomic E-state index is 0.00864. The molecule has 0 saturated heterocycles. The Hall–Kier alpha value is -2.19. The van der Waals surface area contributed by atoms with Crippen molar-refractivity contribution >= 4 is 49.0 Å². The van der Waals surface area contributed by atoms with Crippen LogP contribution in [0.1, 0.15) is 18.1 Å². The molecule has 0 radical (unpaired) electrons. The lowest BCUT2D eigenvalue weighted by atomic mass is 10.2. The van der Waals surface area contributed by atoms with Crippen molar-refractivity contribution in [1.82, 2.24) is 0 Å². The molecular weight excluding hydrogens is 432 g/mol. The number of aryl methyl sites for hydroxylation is 1. The Labute approximate surface area is 166 Å². The summed E-state index contributed by atoms with van der Waals surface area (Å²) in [7, 11) is -3.89. The van der Waals surface area contributed by atoms with Gasteiger partial charge in [-0.15, -0.1) is 0 Å². The van der Waals surface area contributed by atoms with Crippen molar-refractivity contribution in [2.24, 2.45) is 0 Å². The number of amides is 2. The highest BCUT2D eigenvalue weighted by Crippen LogP contribution is 2.35. The highest BCUT2D eigenvalue weighted by Gasteiger charge is 2.28. The van der Waals surface area contributed by atoms with Crippen molar-refractivity contribution in [3.63, 3.8) is 0 Å². The molecule has 0 unspecified atom stereocenters. The van der Waals surface area contributed by atoms with E-state index in [2.05, 4.69) is 21.2 Å². The Morgan fingerprint density at radius 2 is 1.93 bits per heavy atom. The maximum absolute atomic E-state index is 12.8. The van der Waals surface area contributed by atoms with Gasteiger partial charge in [0.2, 0.25) is 11.8 Å². The van der Waals surface area contributed by atoms with E-state index in [0.717, 1.165) is 11.1 Å². The number of anilines is 2. The van der Waals surface area contributed by atoms with Crippen LogP contribution in [0.2, 0.25) is 0 Å². The van der Waals surface area contributed by atoms with Gasteiger partial charge in [0.25, 0.3) is 0 Å². The molecule has 1 aliphatic heterocycles. The number of nitrogens with zero attached hydrogens (tertiary/aromatic N) is 1. The summed E-state index contributed by atoms with van der Waals surface area (Å²) in [4.78, 5) is 25.6. The molecule has 6 nitrogen and oxygen atoms in total. The summed E-state index contributed by atoms with van der Waals surface area (Å²) in [5, 5.41) is 2.64. The predicted octanol–water partition coefficient (Wildman–Crippen LogP) is 3.08. The zero-order chi connectivity index (χ0) is 19.8. The first kappa shape index (κ1) is 19.6. The molecule has 0 aromatic heterocycles. The van der Waals surface area contributed by atoms with Crippen LogP contribution in [0.3, 0.4) is 0 Å². The fourth-order valence-corrected chi connectivity index (χ4v) is 5.45. The Morgan fingerprint density at radius 1 is 1.22 bits per heavy atom. The average molecular weight is 451 g/mol. The van der Waals surface area contributed by atoms with Gasteiger partial charge in [-0.2, -0.15) is 0 Å². The SMILES string of the molecule is CC(=O)N1CCc2cc(Br)c(S(=O)(=O)CC(=O)Nc3ccccc3C)cc21. The van der Waals surface area contributed by atoms with Gasteiger partial charge in [0.15, 0.2) is 9.84 Å². The molecule has 0 fully saturated rings. The molecule has 1 aliphatic rings. The summed E-state index contributed by atoms with van der Waals surface area (Å²) in [5.41, 5.74) is 2.91. The molecule has 2 amide bonds.